The van der Waals surface area contributed by atoms with E-state index < -0.39 is 0 Å². The highest BCUT2D eigenvalue weighted by Gasteiger charge is 2.19. The largest absolute Gasteiger partial charge is 0.497 e. The quantitative estimate of drug-likeness (QED) is 0.720. The van der Waals surface area contributed by atoms with Crippen molar-refractivity contribution in [3.63, 3.8) is 0 Å². The summed E-state index contributed by atoms with van der Waals surface area (Å²) >= 11 is 0. The molecule has 0 saturated heterocycles. The average molecular weight is 368 g/mol. The average Bonchev–Trinajstić information content (AvgIpc) is 3.09. The van der Waals surface area contributed by atoms with E-state index in [1.54, 1.807) is 70.7 Å². The Morgan fingerprint density at radius 1 is 0.926 bits per heavy atom. The van der Waals surface area contributed by atoms with Crippen molar-refractivity contribution in [2.45, 2.75) is 6.92 Å². The molecule has 1 N–H and O–H groups in total. The summed E-state index contributed by atoms with van der Waals surface area (Å²) in [6.45, 7) is 1.73. The first-order chi connectivity index (χ1) is 13.0. The zero-order valence-electron chi connectivity index (χ0n) is 15.5. The smallest absolute Gasteiger partial charge is 0.276 e. The van der Waals surface area contributed by atoms with Gasteiger partial charge in [0.1, 0.15) is 17.2 Å². The van der Waals surface area contributed by atoms with Gasteiger partial charge in [-0.1, -0.05) is 5.21 Å². The van der Waals surface area contributed by atoms with Crippen LogP contribution < -0.4 is 19.5 Å². The normalized spacial score (nSPS) is 10.4. The van der Waals surface area contributed by atoms with E-state index in [2.05, 4.69) is 15.6 Å². The van der Waals surface area contributed by atoms with E-state index in [1.165, 1.54) is 4.68 Å². The van der Waals surface area contributed by atoms with Crippen molar-refractivity contribution < 1.29 is 19.0 Å². The van der Waals surface area contributed by atoms with Crippen LogP contribution in [0.1, 0.15) is 16.2 Å². The van der Waals surface area contributed by atoms with Crippen molar-refractivity contribution in [3.05, 3.63) is 53.9 Å². The van der Waals surface area contributed by atoms with Gasteiger partial charge in [-0.2, -0.15) is 0 Å². The molecule has 0 fully saturated rings. The molecule has 0 atom stereocenters. The highest BCUT2D eigenvalue weighted by molar-refractivity contribution is 6.04. The lowest BCUT2D eigenvalue weighted by molar-refractivity contribution is 0.101. The molecule has 1 heterocycles. The molecule has 0 bridgehead atoms. The first-order valence-electron chi connectivity index (χ1n) is 8.17. The van der Waals surface area contributed by atoms with E-state index in [-0.39, 0.29) is 5.91 Å². The predicted octanol–water partition coefficient (Wildman–Crippen LogP) is 2.85. The first-order valence-corrected chi connectivity index (χ1v) is 8.17. The van der Waals surface area contributed by atoms with Crippen molar-refractivity contribution in [1.82, 2.24) is 15.0 Å². The van der Waals surface area contributed by atoms with E-state index in [0.717, 1.165) is 0 Å². The lowest BCUT2D eigenvalue weighted by Gasteiger charge is -2.11. The second kappa shape index (κ2) is 7.77. The molecule has 2 aromatic carbocycles. The molecule has 0 aliphatic carbocycles. The lowest BCUT2D eigenvalue weighted by atomic mass is 10.2. The van der Waals surface area contributed by atoms with Gasteiger partial charge in [-0.15, -0.1) is 5.10 Å². The minimum absolute atomic E-state index is 0.335. The monoisotopic (exact) mass is 368 g/mol. The molecule has 0 saturated carbocycles. The van der Waals surface area contributed by atoms with E-state index in [9.17, 15) is 4.79 Å². The highest BCUT2D eigenvalue weighted by atomic mass is 16.5. The second-order valence-corrected chi connectivity index (χ2v) is 5.69. The molecule has 140 valence electrons. The van der Waals surface area contributed by atoms with Crippen LogP contribution in [0.25, 0.3) is 5.69 Å². The van der Waals surface area contributed by atoms with Crippen LogP contribution >= 0.6 is 0 Å². The van der Waals surface area contributed by atoms with Crippen molar-refractivity contribution in [2.24, 2.45) is 0 Å². The van der Waals surface area contributed by atoms with Gasteiger partial charge in [0.05, 0.1) is 32.7 Å². The van der Waals surface area contributed by atoms with E-state index >= 15 is 0 Å². The molecule has 27 heavy (non-hydrogen) atoms. The lowest BCUT2D eigenvalue weighted by Crippen LogP contribution is -2.18. The van der Waals surface area contributed by atoms with Gasteiger partial charge >= 0.3 is 0 Å². The number of benzene rings is 2. The second-order valence-electron chi connectivity index (χ2n) is 5.69. The van der Waals surface area contributed by atoms with Crippen LogP contribution in [0.15, 0.2) is 42.5 Å². The van der Waals surface area contributed by atoms with Crippen LogP contribution in [0.3, 0.4) is 0 Å². The van der Waals surface area contributed by atoms with Gasteiger partial charge < -0.3 is 19.5 Å². The molecule has 0 spiro atoms. The molecule has 1 aromatic heterocycles. The number of methoxy groups -OCH3 is 3. The van der Waals surface area contributed by atoms with Gasteiger partial charge in [-0.3, -0.25) is 4.79 Å². The Balaban J connectivity index is 1.92. The fourth-order valence-electron chi connectivity index (χ4n) is 2.59. The number of anilines is 1. The minimum atomic E-state index is -0.344. The fraction of sp³-hybridized carbons (Fsp3) is 0.211. The molecule has 8 heteroatoms. The van der Waals surface area contributed by atoms with Crippen molar-refractivity contribution in [1.29, 1.82) is 0 Å². The van der Waals surface area contributed by atoms with E-state index in [4.69, 9.17) is 14.2 Å². The van der Waals surface area contributed by atoms with Gasteiger partial charge in [0.2, 0.25) is 0 Å². The maximum absolute atomic E-state index is 12.9. The van der Waals surface area contributed by atoms with Gasteiger partial charge in [0, 0.05) is 23.9 Å². The third-order valence-electron chi connectivity index (χ3n) is 3.98. The third kappa shape index (κ3) is 3.84. The van der Waals surface area contributed by atoms with Crippen LogP contribution in [-0.4, -0.2) is 42.2 Å². The Hall–Kier alpha value is -3.55. The Bertz CT molecular complexity index is 929. The maximum Gasteiger partial charge on any atom is 0.276 e. The fourth-order valence-corrected chi connectivity index (χ4v) is 2.59. The zero-order chi connectivity index (χ0) is 19.4. The number of hydrogen-bond acceptors (Lipinski definition) is 6. The molecule has 0 unspecified atom stereocenters. The van der Waals surface area contributed by atoms with Gasteiger partial charge in [0.25, 0.3) is 5.91 Å². The number of nitrogens with one attached hydrogen (secondary N) is 1. The Labute approximate surface area is 156 Å². The molecule has 8 nitrogen and oxygen atoms in total. The number of aryl methyl sites for hydroxylation is 1. The van der Waals surface area contributed by atoms with Crippen LogP contribution in [0.2, 0.25) is 0 Å². The Kier molecular flexibility index (Phi) is 5.25. The highest BCUT2D eigenvalue weighted by Crippen LogP contribution is 2.26. The summed E-state index contributed by atoms with van der Waals surface area (Å²) in [6.07, 6.45) is 0. The third-order valence-corrected chi connectivity index (χ3v) is 3.98. The molecule has 0 aliphatic rings. The topological polar surface area (TPSA) is 87.5 Å². The summed E-state index contributed by atoms with van der Waals surface area (Å²) in [5, 5.41) is 11.0. The number of carbonyl (C=O) groups excluding carboxylic acids is 1. The Morgan fingerprint density at radius 2 is 1.52 bits per heavy atom. The van der Waals surface area contributed by atoms with E-state index in [1.807, 2.05) is 0 Å². The summed E-state index contributed by atoms with van der Waals surface area (Å²) in [7, 11) is 4.69. The molecule has 3 aromatic rings. The number of aromatic nitrogens is 3. The molecule has 0 aliphatic heterocycles. The number of nitrogens with zero attached hydrogens (tertiary/aromatic N) is 3. The molecular weight excluding hydrogens is 348 g/mol. The predicted molar refractivity (Wildman–Crippen MR) is 100 cm³/mol. The summed E-state index contributed by atoms with van der Waals surface area (Å²) in [4.78, 5) is 12.9. The van der Waals surface area contributed by atoms with Gasteiger partial charge in [0.15, 0.2) is 5.69 Å². The summed E-state index contributed by atoms with van der Waals surface area (Å²) in [5.74, 6) is 1.51. The van der Waals surface area contributed by atoms with Crippen LogP contribution in [0, 0.1) is 6.92 Å². The molecule has 1 amide bonds. The van der Waals surface area contributed by atoms with Gasteiger partial charge in [-0.05, 0) is 31.2 Å². The number of hydrogen-bond donors (Lipinski definition) is 1. The summed E-state index contributed by atoms with van der Waals surface area (Å²) in [6, 6.07) is 12.3. The van der Waals surface area contributed by atoms with Crippen molar-refractivity contribution in [3.8, 4) is 22.9 Å². The minimum Gasteiger partial charge on any atom is -0.497 e. The van der Waals surface area contributed by atoms with Gasteiger partial charge in [-0.25, -0.2) is 4.68 Å². The SMILES string of the molecule is COc1ccc(-n2nnc(C)c2C(=O)Nc2cc(OC)cc(OC)c2)cc1. The number of carbonyl (C=O) groups is 1. The summed E-state index contributed by atoms with van der Waals surface area (Å²) < 4.78 is 17.1. The number of amides is 1. The van der Waals surface area contributed by atoms with Crippen LogP contribution in [-0.2, 0) is 0 Å². The van der Waals surface area contributed by atoms with Crippen molar-refractivity contribution in [2.75, 3.05) is 26.6 Å². The maximum atomic E-state index is 12.9. The summed E-state index contributed by atoms with van der Waals surface area (Å²) in [5.41, 5.74) is 2.09. The van der Waals surface area contributed by atoms with Crippen LogP contribution in [0.5, 0.6) is 17.2 Å². The number of rotatable bonds is 6. The molecule has 3 rings (SSSR count). The molecular formula is C19H20N4O4. The Morgan fingerprint density at radius 3 is 2.07 bits per heavy atom. The van der Waals surface area contributed by atoms with Crippen LogP contribution in [0.4, 0.5) is 5.69 Å². The van der Waals surface area contributed by atoms with Crippen molar-refractivity contribution >= 4 is 11.6 Å². The first kappa shape index (κ1) is 18.2. The van der Waals surface area contributed by atoms with E-state index in [0.29, 0.717) is 40.0 Å². The zero-order valence-corrected chi connectivity index (χ0v) is 15.5. The number of ether oxygens (including phenoxy) is 3. The standard InChI is InChI=1S/C19H20N4O4/c1-12-18(23(22-21-12)14-5-7-15(25-2)8-6-14)19(24)20-13-9-16(26-3)11-17(10-13)27-4/h5-11H,1-4H3,(H,20,24). The molecule has 0 radical (unpaired) electrons.